The maximum atomic E-state index is 14.6. The average Bonchev–Trinajstić information content (AvgIpc) is 2.90. The standard InChI is InChI=1S/C28H37FN2O7/c1-4-36-24-13-19(14-25(27(24)29)37-5-2)18-31-10-8-21(9-11-31)30-28(34)20-15-22(35-3)17-23(16-20)38-12-6-7-26(32)33/h13-17,21H,4-12,18H2,1-3H3,(H,30,34)(H,32,33). The second-order valence-electron chi connectivity index (χ2n) is 9.04. The highest BCUT2D eigenvalue weighted by atomic mass is 19.1. The van der Waals surface area contributed by atoms with Crippen molar-refractivity contribution in [1.29, 1.82) is 0 Å². The summed E-state index contributed by atoms with van der Waals surface area (Å²) in [4.78, 5) is 25.9. The first-order valence-electron chi connectivity index (χ1n) is 13.0. The van der Waals surface area contributed by atoms with E-state index in [0.29, 0.717) is 43.2 Å². The van der Waals surface area contributed by atoms with Gasteiger partial charge in [0.1, 0.15) is 11.5 Å². The van der Waals surface area contributed by atoms with Crippen LogP contribution in [0.2, 0.25) is 0 Å². The number of hydrogen-bond donors (Lipinski definition) is 2. The molecule has 1 fully saturated rings. The van der Waals surface area contributed by atoms with E-state index in [4.69, 9.17) is 24.1 Å². The molecule has 10 heteroatoms. The first-order valence-corrected chi connectivity index (χ1v) is 13.0. The molecule has 38 heavy (non-hydrogen) atoms. The summed E-state index contributed by atoms with van der Waals surface area (Å²) in [5, 5.41) is 11.9. The van der Waals surface area contributed by atoms with Gasteiger partial charge in [0.05, 0.1) is 26.9 Å². The van der Waals surface area contributed by atoms with Crippen LogP contribution in [-0.4, -0.2) is 67.9 Å². The van der Waals surface area contributed by atoms with Gasteiger partial charge in [0.25, 0.3) is 5.91 Å². The predicted molar refractivity (Wildman–Crippen MR) is 140 cm³/mol. The van der Waals surface area contributed by atoms with E-state index in [1.165, 1.54) is 7.11 Å². The second-order valence-corrected chi connectivity index (χ2v) is 9.04. The Morgan fingerprint density at radius 3 is 2.21 bits per heavy atom. The minimum absolute atomic E-state index is 0.0103. The number of nitrogens with zero attached hydrogens (tertiary/aromatic N) is 1. The summed E-state index contributed by atoms with van der Waals surface area (Å²) in [5.41, 5.74) is 1.33. The quantitative estimate of drug-likeness (QED) is 0.348. The van der Waals surface area contributed by atoms with Gasteiger partial charge in [0.2, 0.25) is 5.82 Å². The fourth-order valence-corrected chi connectivity index (χ4v) is 4.32. The summed E-state index contributed by atoms with van der Waals surface area (Å²) in [6.45, 7) is 6.75. The Bertz CT molecular complexity index is 1060. The molecule has 0 saturated carbocycles. The van der Waals surface area contributed by atoms with E-state index in [2.05, 4.69) is 10.2 Å². The molecule has 0 bridgehead atoms. The molecule has 0 aromatic heterocycles. The van der Waals surface area contributed by atoms with Crippen LogP contribution < -0.4 is 24.3 Å². The topological polar surface area (TPSA) is 107 Å². The maximum absolute atomic E-state index is 14.6. The molecular formula is C28H37FN2O7. The number of aliphatic carboxylic acids is 1. The Morgan fingerprint density at radius 1 is 1.00 bits per heavy atom. The molecular weight excluding hydrogens is 495 g/mol. The summed E-state index contributed by atoms with van der Waals surface area (Å²) in [5.74, 6) is -0.263. The summed E-state index contributed by atoms with van der Waals surface area (Å²) in [6.07, 6.45) is 1.92. The zero-order valence-electron chi connectivity index (χ0n) is 22.3. The van der Waals surface area contributed by atoms with Crippen LogP contribution in [0.15, 0.2) is 30.3 Å². The number of hydrogen-bond acceptors (Lipinski definition) is 7. The zero-order chi connectivity index (χ0) is 27.5. The fourth-order valence-electron chi connectivity index (χ4n) is 4.32. The lowest BCUT2D eigenvalue weighted by Gasteiger charge is -2.32. The van der Waals surface area contributed by atoms with Gasteiger partial charge in [-0.05, 0) is 62.9 Å². The van der Waals surface area contributed by atoms with Crippen LogP contribution in [0.5, 0.6) is 23.0 Å². The van der Waals surface area contributed by atoms with E-state index in [-0.39, 0.29) is 36.5 Å². The number of carbonyl (C=O) groups is 2. The first kappa shape index (κ1) is 29.0. The van der Waals surface area contributed by atoms with Gasteiger partial charge in [-0.25, -0.2) is 0 Å². The molecule has 2 N–H and O–H groups in total. The van der Waals surface area contributed by atoms with Gasteiger partial charge < -0.3 is 29.4 Å². The molecule has 2 aromatic rings. The lowest BCUT2D eigenvalue weighted by molar-refractivity contribution is -0.137. The third-order valence-electron chi connectivity index (χ3n) is 6.18. The molecule has 0 atom stereocenters. The predicted octanol–water partition coefficient (Wildman–Crippen LogP) is 4.27. The van der Waals surface area contributed by atoms with Crippen LogP contribution >= 0.6 is 0 Å². The van der Waals surface area contributed by atoms with Crippen LogP contribution in [0, 0.1) is 5.82 Å². The summed E-state index contributed by atoms with van der Waals surface area (Å²) < 4.78 is 36.4. The summed E-state index contributed by atoms with van der Waals surface area (Å²) in [7, 11) is 1.51. The third kappa shape index (κ3) is 8.51. The number of likely N-dealkylation sites (tertiary alicyclic amines) is 1. The van der Waals surface area contributed by atoms with Crippen molar-refractivity contribution in [3.63, 3.8) is 0 Å². The van der Waals surface area contributed by atoms with Crippen LogP contribution in [0.25, 0.3) is 0 Å². The molecule has 1 aliphatic heterocycles. The van der Waals surface area contributed by atoms with Crippen molar-refractivity contribution in [3.05, 3.63) is 47.3 Å². The van der Waals surface area contributed by atoms with E-state index < -0.39 is 11.8 Å². The van der Waals surface area contributed by atoms with Gasteiger partial charge in [0, 0.05) is 43.7 Å². The van der Waals surface area contributed by atoms with Crippen molar-refractivity contribution < 1.29 is 38.0 Å². The molecule has 1 amide bonds. The molecule has 0 aliphatic carbocycles. The van der Waals surface area contributed by atoms with E-state index in [0.717, 1.165) is 31.5 Å². The Hall–Kier alpha value is -3.53. The molecule has 0 unspecified atom stereocenters. The number of benzene rings is 2. The Balaban J connectivity index is 1.56. The Morgan fingerprint density at radius 2 is 1.63 bits per heavy atom. The lowest BCUT2D eigenvalue weighted by atomic mass is 10.0. The zero-order valence-corrected chi connectivity index (χ0v) is 22.3. The minimum Gasteiger partial charge on any atom is -0.497 e. The van der Waals surface area contributed by atoms with Gasteiger partial charge >= 0.3 is 5.97 Å². The van der Waals surface area contributed by atoms with E-state index in [9.17, 15) is 14.0 Å². The number of piperidine rings is 1. The van der Waals surface area contributed by atoms with Crippen LogP contribution in [0.3, 0.4) is 0 Å². The number of ether oxygens (including phenoxy) is 4. The van der Waals surface area contributed by atoms with Crippen molar-refractivity contribution in [2.24, 2.45) is 0 Å². The minimum atomic E-state index is -0.881. The molecule has 0 radical (unpaired) electrons. The SMILES string of the molecule is CCOc1cc(CN2CCC(NC(=O)c3cc(OC)cc(OCCCC(=O)O)c3)CC2)cc(OCC)c1F. The number of nitrogens with one attached hydrogen (secondary N) is 1. The number of carboxylic acids is 1. The van der Waals surface area contributed by atoms with Crippen molar-refractivity contribution in [3.8, 4) is 23.0 Å². The average molecular weight is 533 g/mol. The highest BCUT2D eigenvalue weighted by Gasteiger charge is 2.23. The molecule has 1 saturated heterocycles. The van der Waals surface area contributed by atoms with Gasteiger partial charge in [-0.15, -0.1) is 0 Å². The summed E-state index contributed by atoms with van der Waals surface area (Å²) in [6, 6.07) is 8.40. The highest BCUT2D eigenvalue weighted by molar-refractivity contribution is 5.95. The number of rotatable bonds is 14. The van der Waals surface area contributed by atoms with Gasteiger partial charge in [-0.2, -0.15) is 4.39 Å². The molecule has 9 nitrogen and oxygen atoms in total. The molecule has 2 aromatic carbocycles. The van der Waals surface area contributed by atoms with Crippen LogP contribution in [0.4, 0.5) is 4.39 Å². The van der Waals surface area contributed by atoms with Crippen LogP contribution in [0.1, 0.15) is 55.5 Å². The molecule has 208 valence electrons. The third-order valence-corrected chi connectivity index (χ3v) is 6.18. The maximum Gasteiger partial charge on any atom is 0.303 e. The molecule has 3 rings (SSSR count). The molecule has 1 heterocycles. The second kappa shape index (κ2) is 14.4. The van der Waals surface area contributed by atoms with Gasteiger partial charge in [-0.1, -0.05) is 0 Å². The largest absolute Gasteiger partial charge is 0.497 e. The molecule has 0 spiro atoms. The lowest BCUT2D eigenvalue weighted by Crippen LogP contribution is -2.44. The van der Waals surface area contributed by atoms with E-state index >= 15 is 0 Å². The van der Waals surface area contributed by atoms with Crippen molar-refractivity contribution in [2.75, 3.05) is 40.0 Å². The number of amides is 1. The fraction of sp³-hybridized carbons (Fsp3) is 0.500. The normalized spacial score (nSPS) is 14.1. The number of carboxylic acid groups (broad SMARTS) is 1. The van der Waals surface area contributed by atoms with Gasteiger partial charge in [-0.3, -0.25) is 14.5 Å². The van der Waals surface area contributed by atoms with Crippen molar-refractivity contribution in [1.82, 2.24) is 10.2 Å². The molecule has 1 aliphatic rings. The van der Waals surface area contributed by atoms with E-state index in [1.807, 2.05) is 13.8 Å². The first-order chi connectivity index (χ1) is 18.3. The number of halogens is 1. The van der Waals surface area contributed by atoms with Crippen LogP contribution in [-0.2, 0) is 11.3 Å². The Kier molecular flexibility index (Phi) is 11.0. The van der Waals surface area contributed by atoms with E-state index in [1.54, 1.807) is 30.3 Å². The smallest absolute Gasteiger partial charge is 0.303 e. The number of carbonyl (C=O) groups excluding carboxylic acids is 1. The van der Waals surface area contributed by atoms with Crippen molar-refractivity contribution >= 4 is 11.9 Å². The highest BCUT2D eigenvalue weighted by Crippen LogP contribution is 2.30. The Labute approximate surface area is 222 Å². The van der Waals surface area contributed by atoms with Gasteiger partial charge in [0.15, 0.2) is 11.5 Å². The monoisotopic (exact) mass is 532 g/mol. The van der Waals surface area contributed by atoms with Crippen molar-refractivity contribution in [2.45, 2.75) is 52.1 Å². The summed E-state index contributed by atoms with van der Waals surface area (Å²) >= 11 is 0. The number of methoxy groups -OCH3 is 1.